The molecule has 1 spiro atoms. The minimum Gasteiger partial charge on any atom is -0.377 e. The summed E-state index contributed by atoms with van der Waals surface area (Å²) in [5.41, 5.74) is 0.879. The SMILES string of the molecule is C=CCN1CCOC[C@@]2(C1)CN(Cc1ccccn1)CCO2. The molecule has 1 atom stereocenters. The van der Waals surface area contributed by atoms with E-state index in [2.05, 4.69) is 27.4 Å². The number of aromatic nitrogens is 1. The van der Waals surface area contributed by atoms with E-state index in [9.17, 15) is 0 Å². The van der Waals surface area contributed by atoms with E-state index in [1.54, 1.807) is 0 Å². The summed E-state index contributed by atoms with van der Waals surface area (Å²) in [5.74, 6) is 0. The molecular formula is C17H25N3O2. The molecular weight excluding hydrogens is 278 g/mol. The highest BCUT2D eigenvalue weighted by molar-refractivity contribution is 5.04. The van der Waals surface area contributed by atoms with Gasteiger partial charge >= 0.3 is 0 Å². The largest absolute Gasteiger partial charge is 0.377 e. The lowest BCUT2D eigenvalue weighted by molar-refractivity contribution is -0.142. The molecule has 2 fully saturated rings. The molecule has 2 aliphatic heterocycles. The van der Waals surface area contributed by atoms with Gasteiger partial charge in [-0.25, -0.2) is 0 Å². The lowest BCUT2D eigenvalue weighted by atomic mass is 10.0. The van der Waals surface area contributed by atoms with Gasteiger partial charge in [0.1, 0.15) is 5.60 Å². The first-order chi connectivity index (χ1) is 10.8. The predicted octanol–water partition coefficient (Wildman–Crippen LogP) is 1.17. The minimum absolute atomic E-state index is 0.230. The van der Waals surface area contributed by atoms with Gasteiger partial charge < -0.3 is 9.47 Å². The summed E-state index contributed by atoms with van der Waals surface area (Å²) in [7, 11) is 0. The minimum atomic E-state index is -0.230. The van der Waals surface area contributed by atoms with Crippen LogP contribution >= 0.6 is 0 Å². The second-order valence-corrected chi connectivity index (χ2v) is 6.14. The molecule has 3 heterocycles. The average molecular weight is 303 g/mol. The molecule has 22 heavy (non-hydrogen) atoms. The van der Waals surface area contributed by atoms with E-state index in [0.29, 0.717) is 6.61 Å². The Morgan fingerprint density at radius 3 is 2.91 bits per heavy atom. The van der Waals surface area contributed by atoms with E-state index in [1.807, 2.05) is 24.4 Å². The average Bonchev–Trinajstić information content (AvgIpc) is 2.71. The van der Waals surface area contributed by atoms with Crippen molar-refractivity contribution in [1.29, 1.82) is 0 Å². The van der Waals surface area contributed by atoms with E-state index in [4.69, 9.17) is 9.47 Å². The van der Waals surface area contributed by atoms with Gasteiger partial charge in [0.05, 0.1) is 25.5 Å². The third-order valence-electron chi connectivity index (χ3n) is 4.26. The maximum absolute atomic E-state index is 6.17. The maximum atomic E-state index is 6.17. The molecule has 2 saturated heterocycles. The molecule has 3 rings (SSSR count). The summed E-state index contributed by atoms with van der Waals surface area (Å²) < 4.78 is 12.0. The summed E-state index contributed by atoms with van der Waals surface area (Å²) in [5, 5.41) is 0. The fraction of sp³-hybridized carbons (Fsp3) is 0.588. The van der Waals surface area contributed by atoms with Gasteiger partial charge in [0, 0.05) is 45.5 Å². The highest BCUT2D eigenvalue weighted by Crippen LogP contribution is 2.23. The summed E-state index contributed by atoms with van der Waals surface area (Å²) in [4.78, 5) is 9.22. The van der Waals surface area contributed by atoms with Gasteiger partial charge in [0.2, 0.25) is 0 Å². The van der Waals surface area contributed by atoms with Crippen LogP contribution in [0.15, 0.2) is 37.1 Å². The first kappa shape index (κ1) is 15.6. The molecule has 5 heteroatoms. The Morgan fingerprint density at radius 1 is 1.23 bits per heavy atom. The van der Waals surface area contributed by atoms with Crippen LogP contribution in [0.4, 0.5) is 0 Å². The number of rotatable bonds is 4. The van der Waals surface area contributed by atoms with Crippen molar-refractivity contribution in [3.05, 3.63) is 42.7 Å². The highest BCUT2D eigenvalue weighted by Gasteiger charge is 2.40. The van der Waals surface area contributed by atoms with Crippen molar-refractivity contribution in [2.75, 3.05) is 52.5 Å². The smallest absolute Gasteiger partial charge is 0.117 e. The monoisotopic (exact) mass is 303 g/mol. The number of pyridine rings is 1. The number of hydrogen-bond donors (Lipinski definition) is 0. The zero-order valence-corrected chi connectivity index (χ0v) is 13.1. The number of morpholine rings is 1. The van der Waals surface area contributed by atoms with E-state index >= 15 is 0 Å². The normalized spacial score (nSPS) is 27.6. The molecule has 1 aromatic rings. The Labute approximate surface area is 132 Å². The highest BCUT2D eigenvalue weighted by atomic mass is 16.5. The number of ether oxygens (including phenoxy) is 2. The molecule has 1 aromatic heterocycles. The maximum Gasteiger partial charge on any atom is 0.117 e. The Bertz CT molecular complexity index is 482. The fourth-order valence-corrected chi connectivity index (χ4v) is 3.28. The number of nitrogens with zero attached hydrogens (tertiary/aromatic N) is 3. The van der Waals surface area contributed by atoms with Crippen LogP contribution in [0.5, 0.6) is 0 Å². The van der Waals surface area contributed by atoms with Crippen molar-refractivity contribution in [3.8, 4) is 0 Å². The molecule has 0 saturated carbocycles. The Kier molecular flexibility index (Phi) is 5.20. The standard InChI is InChI=1S/C17H25N3O2/c1-2-7-19-8-10-21-15-17(13-19)14-20(9-11-22-17)12-16-5-3-4-6-18-16/h2-6H,1,7-15H2/t17-/m1/s1. The van der Waals surface area contributed by atoms with Gasteiger partial charge in [-0.1, -0.05) is 12.1 Å². The van der Waals surface area contributed by atoms with Gasteiger partial charge in [-0.05, 0) is 12.1 Å². The van der Waals surface area contributed by atoms with E-state index in [0.717, 1.165) is 58.2 Å². The first-order valence-corrected chi connectivity index (χ1v) is 7.97. The van der Waals surface area contributed by atoms with Crippen LogP contribution in [0.25, 0.3) is 0 Å². The van der Waals surface area contributed by atoms with Crippen LogP contribution in [-0.2, 0) is 16.0 Å². The Morgan fingerprint density at radius 2 is 2.09 bits per heavy atom. The summed E-state index contributed by atoms with van der Waals surface area (Å²) in [6.45, 7) is 11.4. The summed E-state index contributed by atoms with van der Waals surface area (Å²) in [6.07, 6.45) is 3.81. The molecule has 120 valence electrons. The van der Waals surface area contributed by atoms with Gasteiger partial charge in [0.15, 0.2) is 0 Å². The second-order valence-electron chi connectivity index (χ2n) is 6.14. The zero-order chi connectivity index (χ0) is 15.3. The van der Waals surface area contributed by atoms with E-state index < -0.39 is 0 Å². The van der Waals surface area contributed by atoms with Gasteiger partial charge in [0.25, 0.3) is 0 Å². The predicted molar refractivity (Wildman–Crippen MR) is 85.7 cm³/mol. The molecule has 5 nitrogen and oxygen atoms in total. The van der Waals surface area contributed by atoms with Crippen LogP contribution in [0.3, 0.4) is 0 Å². The van der Waals surface area contributed by atoms with Crippen molar-refractivity contribution in [1.82, 2.24) is 14.8 Å². The van der Waals surface area contributed by atoms with Crippen molar-refractivity contribution < 1.29 is 9.47 Å². The first-order valence-electron chi connectivity index (χ1n) is 7.97. The molecule has 2 aliphatic rings. The summed E-state index contributed by atoms with van der Waals surface area (Å²) >= 11 is 0. The van der Waals surface area contributed by atoms with E-state index in [1.165, 1.54) is 0 Å². The lowest BCUT2D eigenvalue weighted by Gasteiger charge is -2.43. The van der Waals surface area contributed by atoms with Crippen molar-refractivity contribution in [2.45, 2.75) is 12.1 Å². The van der Waals surface area contributed by atoms with Crippen LogP contribution < -0.4 is 0 Å². The van der Waals surface area contributed by atoms with Crippen LogP contribution in [0.1, 0.15) is 5.69 Å². The summed E-state index contributed by atoms with van der Waals surface area (Å²) in [6, 6.07) is 6.07. The van der Waals surface area contributed by atoms with Crippen molar-refractivity contribution in [3.63, 3.8) is 0 Å². The molecule has 0 aliphatic carbocycles. The Hall–Kier alpha value is -1.27. The third kappa shape index (κ3) is 3.93. The van der Waals surface area contributed by atoms with Gasteiger partial charge in [-0.3, -0.25) is 14.8 Å². The van der Waals surface area contributed by atoms with E-state index in [-0.39, 0.29) is 5.60 Å². The van der Waals surface area contributed by atoms with Crippen LogP contribution in [0, 0.1) is 0 Å². The zero-order valence-electron chi connectivity index (χ0n) is 13.1. The molecule has 0 bridgehead atoms. The molecule has 0 unspecified atom stereocenters. The second kappa shape index (κ2) is 7.33. The van der Waals surface area contributed by atoms with Crippen molar-refractivity contribution in [2.24, 2.45) is 0 Å². The molecule has 0 amide bonds. The van der Waals surface area contributed by atoms with Crippen LogP contribution in [-0.4, -0.2) is 72.9 Å². The van der Waals surface area contributed by atoms with Gasteiger partial charge in [-0.2, -0.15) is 0 Å². The molecule has 0 radical (unpaired) electrons. The Balaban J connectivity index is 1.66. The van der Waals surface area contributed by atoms with Gasteiger partial charge in [-0.15, -0.1) is 6.58 Å². The van der Waals surface area contributed by atoms with Crippen molar-refractivity contribution >= 4 is 0 Å². The number of hydrogen-bond acceptors (Lipinski definition) is 5. The lowest BCUT2D eigenvalue weighted by Crippen LogP contribution is -2.58. The molecule has 0 aromatic carbocycles. The van der Waals surface area contributed by atoms with Crippen LogP contribution in [0.2, 0.25) is 0 Å². The quantitative estimate of drug-likeness (QED) is 0.781. The topological polar surface area (TPSA) is 37.8 Å². The molecule has 0 N–H and O–H groups in total. The fourth-order valence-electron chi connectivity index (χ4n) is 3.28. The third-order valence-corrected chi connectivity index (χ3v) is 4.26.